The fraction of sp³-hybridized carbons (Fsp3) is 0.538. The number of halogens is 3. The molecule has 1 aromatic rings. The van der Waals surface area contributed by atoms with Gasteiger partial charge in [-0.15, -0.1) is 0 Å². The molecule has 0 aromatic heterocycles. The molecule has 3 atom stereocenters. The molecule has 1 N–H and O–H groups in total. The van der Waals surface area contributed by atoms with Crippen LogP contribution in [0.25, 0.3) is 0 Å². The molecule has 6 heteroatoms. The summed E-state index contributed by atoms with van der Waals surface area (Å²) in [6.45, 7) is 3.05. The van der Waals surface area contributed by atoms with E-state index in [1.54, 1.807) is 24.3 Å². The third kappa shape index (κ3) is 2.04. The van der Waals surface area contributed by atoms with Gasteiger partial charge < -0.3 is 14.6 Å². The lowest BCUT2D eigenvalue weighted by atomic mass is 9.91. The first-order valence-corrected chi connectivity index (χ1v) is 5.74. The first kappa shape index (κ1) is 14.3. The standard InChI is InChI=1S/C13H15F3O3/c1-8-4-6-9(7-5-8)12(18-3)11(2,19-12)10(17)13(14,15)16/h4-7,10,17H,1-3H3/t10-,11-,12+/m1/s1. The number of ether oxygens (including phenoxy) is 2. The molecule has 0 unspecified atom stereocenters. The fourth-order valence-corrected chi connectivity index (χ4v) is 2.30. The maximum atomic E-state index is 12.7. The van der Waals surface area contributed by atoms with Crippen molar-refractivity contribution in [1.29, 1.82) is 0 Å². The zero-order valence-electron chi connectivity index (χ0n) is 10.8. The molecule has 0 radical (unpaired) electrons. The second-order valence-electron chi connectivity index (χ2n) is 4.84. The Bertz CT molecular complexity index is 471. The molecular weight excluding hydrogens is 261 g/mol. The molecule has 1 aliphatic rings. The van der Waals surface area contributed by atoms with Crippen LogP contribution in [0, 0.1) is 6.92 Å². The van der Waals surface area contributed by atoms with Crippen molar-refractivity contribution in [2.45, 2.75) is 37.5 Å². The minimum atomic E-state index is -4.76. The van der Waals surface area contributed by atoms with Gasteiger partial charge in [0.2, 0.25) is 5.79 Å². The molecule has 1 aliphatic heterocycles. The Morgan fingerprint density at radius 2 is 1.79 bits per heavy atom. The van der Waals surface area contributed by atoms with Gasteiger partial charge in [0.05, 0.1) is 0 Å². The molecule has 0 bridgehead atoms. The van der Waals surface area contributed by atoms with Crippen LogP contribution in [0.4, 0.5) is 13.2 Å². The summed E-state index contributed by atoms with van der Waals surface area (Å²) in [5, 5.41) is 9.44. The van der Waals surface area contributed by atoms with Gasteiger partial charge in [0.1, 0.15) is 0 Å². The van der Waals surface area contributed by atoms with Crippen LogP contribution in [0.15, 0.2) is 24.3 Å². The van der Waals surface area contributed by atoms with Crippen LogP contribution in [0.1, 0.15) is 18.1 Å². The zero-order valence-corrected chi connectivity index (χ0v) is 10.8. The van der Waals surface area contributed by atoms with Crippen molar-refractivity contribution in [3.63, 3.8) is 0 Å². The van der Waals surface area contributed by atoms with Gasteiger partial charge in [-0.2, -0.15) is 13.2 Å². The Morgan fingerprint density at radius 3 is 2.21 bits per heavy atom. The van der Waals surface area contributed by atoms with Gasteiger partial charge >= 0.3 is 6.18 Å². The van der Waals surface area contributed by atoms with E-state index in [0.29, 0.717) is 5.56 Å². The number of rotatable bonds is 3. The van der Waals surface area contributed by atoms with Gasteiger partial charge in [0.25, 0.3) is 0 Å². The van der Waals surface area contributed by atoms with Crippen LogP contribution >= 0.6 is 0 Å². The number of benzene rings is 1. The molecule has 0 saturated carbocycles. The summed E-state index contributed by atoms with van der Waals surface area (Å²) in [6.07, 6.45) is -7.37. The van der Waals surface area contributed by atoms with E-state index in [9.17, 15) is 18.3 Å². The second kappa shape index (κ2) is 4.19. The summed E-state index contributed by atoms with van der Waals surface area (Å²) in [5.74, 6) is -1.56. The van der Waals surface area contributed by atoms with Crippen LogP contribution in [-0.2, 0) is 15.3 Å². The Labute approximate surface area is 108 Å². The smallest absolute Gasteiger partial charge is 0.381 e. The second-order valence-corrected chi connectivity index (χ2v) is 4.84. The van der Waals surface area contributed by atoms with E-state index in [1.165, 1.54) is 14.0 Å². The van der Waals surface area contributed by atoms with E-state index >= 15 is 0 Å². The van der Waals surface area contributed by atoms with E-state index in [0.717, 1.165) is 5.56 Å². The van der Waals surface area contributed by atoms with Gasteiger partial charge in [0, 0.05) is 12.7 Å². The number of epoxide rings is 1. The van der Waals surface area contributed by atoms with Gasteiger partial charge in [-0.3, -0.25) is 0 Å². The predicted octanol–water partition coefficient (Wildman–Crippen LogP) is 2.51. The van der Waals surface area contributed by atoms with Crippen LogP contribution in [0.5, 0.6) is 0 Å². The molecule has 1 heterocycles. The SMILES string of the molecule is CO[C@@]1(c2ccc(C)cc2)O[C@]1(C)[C@@H](O)C(F)(F)F. The number of hydrogen-bond acceptors (Lipinski definition) is 3. The van der Waals surface area contributed by atoms with Crippen LogP contribution < -0.4 is 0 Å². The summed E-state index contributed by atoms with van der Waals surface area (Å²) in [6, 6.07) is 6.76. The van der Waals surface area contributed by atoms with E-state index < -0.39 is 23.7 Å². The lowest BCUT2D eigenvalue weighted by Gasteiger charge is -2.22. The molecule has 1 saturated heterocycles. The first-order valence-electron chi connectivity index (χ1n) is 5.74. The molecule has 3 nitrogen and oxygen atoms in total. The first-order chi connectivity index (χ1) is 8.67. The summed E-state index contributed by atoms with van der Waals surface area (Å²) in [4.78, 5) is 0. The van der Waals surface area contributed by atoms with Gasteiger partial charge in [0.15, 0.2) is 11.7 Å². The van der Waals surface area contributed by atoms with E-state index in [-0.39, 0.29) is 0 Å². The van der Waals surface area contributed by atoms with E-state index in [2.05, 4.69) is 0 Å². The lowest BCUT2D eigenvalue weighted by Crippen LogP contribution is -2.44. The highest BCUT2D eigenvalue weighted by Gasteiger charge is 2.77. The number of aliphatic hydroxyl groups excluding tert-OH is 1. The monoisotopic (exact) mass is 276 g/mol. The number of aryl methyl sites for hydroxylation is 1. The molecule has 0 aliphatic carbocycles. The Hall–Kier alpha value is -1.11. The number of hydrogen-bond donors (Lipinski definition) is 1. The van der Waals surface area contributed by atoms with Crippen molar-refractivity contribution < 1.29 is 27.8 Å². The molecule has 1 aromatic carbocycles. The van der Waals surface area contributed by atoms with E-state index in [1.807, 2.05) is 6.92 Å². The highest BCUT2D eigenvalue weighted by molar-refractivity contribution is 5.33. The van der Waals surface area contributed by atoms with Crippen LogP contribution in [0.3, 0.4) is 0 Å². The Balaban J connectivity index is 2.36. The molecular formula is C13H15F3O3. The van der Waals surface area contributed by atoms with Gasteiger partial charge in [-0.05, 0) is 13.8 Å². The minimum absolute atomic E-state index is 0.450. The summed E-state index contributed by atoms with van der Waals surface area (Å²) in [7, 11) is 1.26. The quantitative estimate of drug-likeness (QED) is 0.862. The van der Waals surface area contributed by atoms with Crippen molar-refractivity contribution >= 4 is 0 Å². The lowest BCUT2D eigenvalue weighted by molar-refractivity contribution is -0.222. The number of alkyl halides is 3. The third-order valence-electron chi connectivity index (χ3n) is 3.52. The van der Waals surface area contributed by atoms with Crippen LogP contribution in [-0.4, -0.2) is 30.1 Å². The molecule has 0 amide bonds. The number of aliphatic hydroxyl groups is 1. The van der Waals surface area contributed by atoms with Crippen molar-refractivity contribution in [3.8, 4) is 0 Å². The molecule has 1 fully saturated rings. The van der Waals surface area contributed by atoms with E-state index in [4.69, 9.17) is 9.47 Å². The summed E-state index contributed by atoms with van der Waals surface area (Å²) in [5.41, 5.74) is -0.421. The summed E-state index contributed by atoms with van der Waals surface area (Å²) >= 11 is 0. The maximum Gasteiger partial charge on any atom is 0.417 e. The Kier molecular flexibility index (Phi) is 3.16. The topological polar surface area (TPSA) is 42.0 Å². The molecule has 19 heavy (non-hydrogen) atoms. The van der Waals surface area contributed by atoms with Gasteiger partial charge in [-0.1, -0.05) is 29.8 Å². The highest BCUT2D eigenvalue weighted by atomic mass is 19.4. The van der Waals surface area contributed by atoms with Gasteiger partial charge in [-0.25, -0.2) is 0 Å². The fourth-order valence-electron chi connectivity index (χ4n) is 2.30. The molecule has 0 spiro atoms. The number of methoxy groups -OCH3 is 1. The van der Waals surface area contributed by atoms with Crippen molar-refractivity contribution in [2.24, 2.45) is 0 Å². The predicted molar refractivity (Wildman–Crippen MR) is 61.4 cm³/mol. The van der Waals surface area contributed by atoms with Crippen molar-refractivity contribution in [3.05, 3.63) is 35.4 Å². The summed E-state index contributed by atoms with van der Waals surface area (Å²) < 4.78 is 48.3. The normalized spacial score (nSPS) is 32.2. The third-order valence-corrected chi connectivity index (χ3v) is 3.52. The Morgan fingerprint density at radius 1 is 1.26 bits per heavy atom. The minimum Gasteiger partial charge on any atom is -0.381 e. The van der Waals surface area contributed by atoms with Crippen molar-refractivity contribution in [2.75, 3.05) is 7.11 Å². The zero-order chi connectivity index (χ0) is 14.5. The highest BCUT2D eigenvalue weighted by Crippen LogP contribution is 2.60. The average molecular weight is 276 g/mol. The average Bonchev–Trinajstić information content (AvgIpc) is 2.96. The largest absolute Gasteiger partial charge is 0.417 e. The molecule has 106 valence electrons. The van der Waals surface area contributed by atoms with Crippen molar-refractivity contribution in [1.82, 2.24) is 0 Å². The van der Waals surface area contributed by atoms with Crippen LogP contribution in [0.2, 0.25) is 0 Å². The maximum absolute atomic E-state index is 12.7. The molecule has 2 rings (SSSR count).